The molecule has 0 aromatic heterocycles. The highest BCUT2D eigenvalue weighted by molar-refractivity contribution is 9.10. The Morgan fingerprint density at radius 2 is 1.70 bits per heavy atom. The highest BCUT2D eigenvalue weighted by Gasteiger charge is 2.07. The van der Waals surface area contributed by atoms with Crippen molar-refractivity contribution in [2.75, 3.05) is 0 Å². The number of rotatable bonds is 3. The summed E-state index contributed by atoms with van der Waals surface area (Å²) in [5.74, 6) is -0.424. The first-order chi connectivity index (χ1) is 9.56. The summed E-state index contributed by atoms with van der Waals surface area (Å²) in [5, 5.41) is 3.65. The fraction of sp³-hybridized carbons (Fsp3) is 0. The van der Waals surface area contributed by atoms with Crippen LogP contribution in [-0.2, 0) is 4.84 Å². The van der Waals surface area contributed by atoms with Gasteiger partial charge in [-0.1, -0.05) is 49.1 Å². The summed E-state index contributed by atoms with van der Waals surface area (Å²) in [6, 6.07) is 14.0. The Morgan fingerprint density at radius 1 is 1.00 bits per heavy atom. The van der Waals surface area contributed by atoms with Crippen LogP contribution in [0.25, 0.3) is 0 Å². The van der Waals surface area contributed by atoms with Crippen LogP contribution < -0.4 is 5.73 Å². The van der Waals surface area contributed by atoms with Gasteiger partial charge in [-0.2, -0.15) is 0 Å². The fourth-order valence-electron chi connectivity index (χ4n) is 1.43. The Labute approximate surface area is 132 Å². The second-order valence-corrected chi connectivity index (χ2v) is 5.70. The van der Waals surface area contributed by atoms with Crippen LogP contribution in [0.2, 0.25) is 0 Å². The van der Waals surface area contributed by atoms with Crippen LogP contribution in [0, 0.1) is 0 Å². The van der Waals surface area contributed by atoms with E-state index in [2.05, 4.69) is 37.0 Å². The molecule has 2 aromatic carbocycles. The molecule has 6 heteroatoms. The van der Waals surface area contributed by atoms with Crippen LogP contribution in [0.4, 0.5) is 0 Å². The molecule has 0 bridgehead atoms. The third kappa shape index (κ3) is 3.91. The number of nitrogens with two attached hydrogens (primary N) is 1. The summed E-state index contributed by atoms with van der Waals surface area (Å²) < 4.78 is 1.75. The Balaban J connectivity index is 2.08. The summed E-state index contributed by atoms with van der Waals surface area (Å²) in [6.45, 7) is 0. The summed E-state index contributed by atoms with van der Waals surface area (Å²) >= 11 is 6.62. The predicted octanol–water partition coefficient (Wildman–Crippen LogP) is 3.69. The number of hydrogen-bond acceptors (Lipinski definition) is 3. The number of carbonyl (C=O) groups is 1. The van der Waals surface area contributed by atoms with Gasteiger partial charge in [0.2, 0.25) is 0 Å². The lowest BCUT2D eigenvalue weighted by molar-refractivity contribution is 0.0516. The van der Waals surface area contributed by atoms with E-state index < -0.39 is 5.97 Å². The minimum absolute atomic E-state index is 0.136. The molecule has 102 valence electrons. The van der Waals surface area contributed by atoms with E-state index in [4.69, 9.17) is 10.6 Å². The first-order valence-corrected chi connectivity index (χ1v) is 7.21. The first kappa shape index (κ1) is 14.7. The molecule has 2 aromatic rings. The molecule has 0 aliphatic rings. The van der Waals surface area contributed by atoms with Gasteiger partial charge in [0.25, 0.3) is 0 Å². The Hall–Kier alpha value is -1.66. The minimum Gasteiger partial charge on any atom is -0.380 e. The molecule has 0 saturated carbocycles. The standard InChI is InChI=1S/C14H10Br2N2O2/c15-11-6-4-9(5-7-11)14(19)20-18-13(17)10-2-1-3-12(16)8-10/h1-8H,(H2,17,18). The molecule has 0 heterocycles. The number of carbonyl (C=O) groups excluding carboxylic acids is 1. The number of halogens is 2. The van der Waals surface area contributed by atoms with Crippen molar-refractivity contribution in [1.29, 1.82) is 0 Å². The average Bonchev–Trinajstić information content (AvgIpc) is 2.45. The van der Waals surface area contributed by atoms with E-state index in [1.54, 1.807) is 36.4 Å². The van der Waals surface area contributed by atoms with Crippen molar-refractivity contribution in [2.45, 2.75) is 0 Å². The third-order valence-corrected chi connectivity index (χ3v) is 3.45. The molecule has 0 saturated heterocycles. The van der Waals surface area contributed by atoms with Crippen molar-refractivity contribution in [3.8, 4) is 0 Å². The van der Waals surface area contributed by atoms with E-state index in [1.165, 1.54) is 0 Å². The molecule has 0 spiro atoms. The quantitative estimate of drug-likeness (QED) is 0.371. The summed E-state index contributed by atoms with van der Waals surface area (Å²) in [6.07, 6.45) is 0. The maximum Gasteiger partial charge on any atom is 0.365 e. The number of amidine groups is 1. The largest absolute Gasteiger partial charge is 0.380 e. The van der Waals surface area contributed by atoms with Gasteiger partial charge in [-0.15, -0.1) is 0 Å². The molecule has 0 fully saturated rings. The highest BCUT2D eigenvalue weighted by atomic mass is 79.9. The second kappa shape index (κ2) is 6.67. The molecular formula is C14H10Br2N2O2. The van der Waals surface area contributed by atoms with Crippen molar-refractivity contribution in [3.63, 3.8) is 0 Å². The smallest absolute Gasteiger partial charge is 0.365 e. The zero-order valence-electron chi connectivity index (χ0n) is 10.2. The Kier molecular flexibility index (Phi) is 4.92. The molecular weight excluding hydrogens is 388 g/mol. The van der Waals surface area contributed by atoms with Crippen LogP contribution in [0.15, 0.2) is 62.6 Å². The van der Waals surface area contributed by atoms with E-state index >= 15 is 0 Å². The molecule has 2 rings (SSSR count). The zero-order valence-corrected chi connectivity index (χ0v) is 13.4. The predicted molar refractivity (Wildman–Crippen MR) is 84.4 cm³/mol. The second-order valence-electron chi connectivity index (χ2n) is 3.87. The topological polar surface area (TPSA) is 64.7 Å². The number of nitrogens with zero attached hydrogens (tertiary/aromatic N) is 1. The molecule has 4 nitrogen and oxygen atoms in total. The third-order valence-electron chi connectivity index (χ3n) is 2.43. The van der Waals surface area contributed by atoms with Crippen LogP contribution in [0.3, 0.4) is 0 Å². The van der Waals surface area contributed by atoms with Crippen molar-refractivity contribution < 1.29 is 9.63 Å². The lowest BCUT2D eigenvalue weighted by Gasteiger charge is -2.02. The maximum atomic E-state index is 11.7. The van der Waals surface area contributed by atoms with Crippen LogP contribution >= 0.6 is 31.9 Å². The van der Waals surface area contributed by atoms with Gasteiger partial charge in [-0.3, -0.25) is 0 Å². The number of benzene rings is 2. The molecule has 0 atom stereocenters. The monoisotopic (exact) mass is 396 g/mol. The summed E-state index contributed by atoms with van der Waals surface area (Å²) in [4.78, 5) is 16.6. The van der Waals surface area contributed by atoms with Crippen LogP contribution in [0.5, 0.6) is 0 Å². The van der Waals surface area contributed by atoms with Gasteiger partial charge < -0.3 is 10.6 Å². The van der Waals surface area contributed by atoms with Crippen molar-refractivity contribution in [1.82, 2.24) is 0 Å². The molecule has 0 radical (unpaired) electrons. The molecule has 0 unspecified atom stereocenters. The van der Waals surface area contributed by atoms with E-state index in [0.717, 1.165) is 8.95 Å². The van der Waals surface area contributed by atoms with Crippen LogP contribution in [0.1, 0.15) is 15.9 Å². The molecule has 0 aliphatic carbocycles. The Bertz CT molecular complexity index is 654. The SMILES string of the molecule is NC(=NOC(=O)c1ccc(Br)cc1)c1cccc(Br)c1. The van der Waals surface area contributed by atoms with Gasteiger partial charge >= 0.3 is 5.97 Å². The summed E-state index contributed by atoms with van der Waals surface area (Å²) in [7, 11) is 0. The molecule has 2 N–H and O–H groups in total. The van der Waals surface area contributed by atoms with Gasteiger partial charge in [0.15, 0.2) is 5.84 Å². The maximum absolute atomic E-state index is 11.7. The minimum atomic E-state index is -0.560. The molecule has 20 heavy (non-hydrogen) atoms. The zero-order chi connectivity index (χ0) is 14.5. The van der Waals surface area contributed by atoms with E-state index in [1.807, 2.05) is 12.1 Å². The summed E-state index contributed by atoms with van der Waals surface area (Å²) in [5.41, 5.74) is 6.83. The fourth-order valence-corrected chi connectivity index (χ4v) is 2.09. The van der Waals surface area contributed by atoms with E-state index in [9.17, 15) is 4.79 Å². The van der Waals surface area contributed by atoms with Gasteiger partial charge in [0, 0.05) is 14.5 Å². The van der Waals surface area contributed by atoms with Crippen molar-refractivity contribution in [2.24, 2.45) is 10.9 Å². The van der Waals surface area contributed by atoms with Crippen molar-refractivity contribution in [3.05, 3.63) is 68.6 Å². The molecule has 0 aliphatic heterocycles. The Morgan fingerprint density at radius 3 is 2.35 bits per heavy atom. The van der Waals surface area contributed by atoms with E-state index in [-0.39, 0.29) is 5.84 Å². The van der Waals surface area contributed by atoms with Gasteiger partial charge in [0.1, 0.15) is 0 Å². The lowest BCUT2D eigenvalue weighted by atomic mass is 10.2. The van der Waals surface area contributed by atoms with Crippen LogP contribution in [-0.4, -0.2) is 11.8 Å². The first-order valence-electron chi connectivity index (χ1n) is 5.62. The van der Waals surface area contributed by atoms with Gasteiger partial charge in [-0.05, 0) is 36.4 Å². The number of oxime groups is 1. The van der Waals surface area contributed by atoms with Gasteiger partial charge in [0.05, 0.1) is 5.56 Å². The normalized spacial score (nSPS) is 11.2. The highest BCUT2D eigenvalue weighted by Crippen LogP contribution is 2.13. The molecule has 0 amide bonds. The average molecular weight is 398 g/mol. The number of hydrogen-bond donors (Lipinski definition) is 1. The van der Waals surface area contributed by atoms with Gasteiger partial charge in [-0.25, -0.2) is 4.79 Å². The van der Waals surface area contributed by atoms with Crippen molar-refractivity contribution >= 4 is 43.7 Å². The van der Waals surface area contributed by atoms with E-state index in [0.29, 0.717) is 11.1 Å². The lowest BCUT2D eigenvalue weighted by Crippen LogP contribution is -2.15.